The molecule has 1 atom stereocenters. The minimum absolute atomic E-state index is 0.159. The lowest BCUT2D eigenvalue weighted by atomic mass is 10.2. The number of carbonyl (C=O) groups excluding carboxylic acids is 1. The van der Waals surface area contributed by atoms with Crippen molar-refractivity contribution in [2.45, 2.75) is 26.5 Å². The van der Waals surface area contributed by atoms with Crippen LogP contribution in [-0.2, 0) is 11.3 Å². The van der Waals surface area contributed by atoms with E-state index in [1.165, 1.54) is 0 Å². The number of nitrogens with zero attached hydrogens (tertiary/aromatic N) is 5. The standard InChI is InChI=1S/C15H20N6O2/c1-3-20-10-17-19-14(20)13-9-21(4-5-23-13)15(22)18-12-6-11(2)7-16-8-12/h6-8,10,13H,3-5,9H2,1-2H3,(H,18,22). The van der Waals surface area contributed by atoms with E-state index in [-0.39, 0.29) is 12.1 Å². The van der Waals surface area contributed by atoms with Gasteiger partial charge in [-0.15, -0.1) is 10.2 Å². The molecule has 3 rings (SSSR count). The third-order valence-electron chi connectivity index (χ3n) is 3.75. The minimum Gasteiger partial charge on any atom is -0.366 e. The normalized spacial score (nSPS) is 18.0. The molecule has 1 aliphatic rings. The number of anilines is 1. The van der Waals surface area contributed by atoms with Gasteiger partial charge in [-0.1, -0.05) is 0 Å². The number of nitrogens with one attached hydrogen (secondary N) is 1. The first kappa shape index (κ1) is 15.4. The van der Waals surface area contributed by atoms with E-state index in [4.69, 9.17) is 4.74 Å². The number of rotatable bonds is 3. The molecule has 1 saturated heterocycles. The van der Waals surface area contributed by atoms with Gasteiger partial charge < -0.3 is 19.5 Å². The minimum atomic E-state index is -0.257. The number of pyridine rings is 1. The number of carbonyl (C=O) groups is 1. The summed E-state index contributed by atoms with van der Waals surface area (Å²) in [4.78, 5) is 18.2. The third kappa shape index (κ3) is 3.48. The van der Waals surface area contributed by atoms with Crippen LogP contribution in [0.25, 0.3) is 0 Å². The quantitative estimate of drug-likeness (QED) is 0.930. The van der Waals surface area contributed by atoms with Crippen molar-refractivity contribution in [1.82, 2.24) is 24.6 Å². The van der Waals surface area contributed by atoms with Crippen molar-refractivity contribution >= 4 is 11.7 Å². The van der Waals surface area contributed by atoms with Crippen molar-refractivity contribution < 1.29 is 9.53 Å². The van der Waals surface area contributed by atoms with Gasteiger partial charge in [-0.2, -0.15) is 0 Å². The van der Waals surface area contributed by atoms with Crippen molar-refractivity contribution in [1.29, 1.82) is 0 Å². The molecule has 0 bridgehead atoms. The molecular weight excluding hydrogens is 296 g/mol. The number of aromatic nitrogens is 4. The van der Waals surface area contributed by atoms with Crippen molar-refractivity contribution in [3.05, 3.63) is 36.2 Å². The van der Waals surface area contributed by atoms with Crippen LogP contribution < -0.4 is 5.32 Å². The van der Waals surface area contributed by atoms with Gasteiger partial charge in [0.1, 0.15) is 12.4 Å². The fourth-order valence-electron chi connectivity index (χ4n) is 2.57. The average Bonchev–Trinajstić information content (AvgIpc) is 3.03. The summed E-state index contributed by atoms with van der Waals surface area (Å²) in [6, 6.07) is 1.73. The van der Waals surface area contributed by atoms with Crippen molar-refractivity contribution in [3.8, 4) is 0 Å². The summed E-state index contributed by atoms with van der Waals surface area (Å²) in [5, 5.41) is 10.9. The van der Waals surface area contributed by atoms with E-state index in [0.29, 0.717) is 25.4 Å². The Morgan fingerprint density at radius 1 is 1.48 bits per heavy atom. The van der Waals surface area contributed by atoms with Crippen LogP contribution in [0.5, 0.6) is 0 Å². The Kier molecular flexibility index (Phi) is 4.52. The summed E-state index contributed by atoms with van der Waals surface area (Å²) in [6.07, 6.45) is 4.80. The molecule has 1 aliphatic heterocycles. The summed E-state index contributed by atoms with van der Waals surface area (Å²) in [6.45, 7) is 6.19. The topological polar surface area (TPSA) is 85.2 Å². The van der Waals surface area contributed by atoms with E-state index in [0.717, 1.165) is 17.9 Å². The van der Waals surface area contributed by atoms with Crippen LogP contribution in [0.4, 0.5) is 10.5 Å². The summed E-state index contributed by atoms with van der Waals surface area (Å²) in [5.74, 6) is 0.752. The molecule has 2 aromatic rings. The van der Waals surface area contributed by atoms with Gasteiger partial charge in [0.25, 0.3) is 0 Å². The molecule has 1 N–H and O–H groups in total. The van der Waals surface area contributed by atoms with Crippen LogP contribution >= 0.6 is 0 Å². The van der Waals surface area contributed by atoms with Crippen molar-refractivity contribution in [2.75, 3.05) is 25.0 Å². The maximum atomic E-state index is 12.4. The molecule has 0 saturated carbocycles. The fourth-order valence-corrected chi connectivity index (χ4v) is 2.57. The number of aryl methyl sites for hydroxylation is 2. The number of amides is 2. The van der Waals surface area contributed by atoms with E-state index < -0.39 is 0 Å². The maximum absolute atomic E-state index is 12.4. The molecule has 0 aliphatic carbocycles. The first-order valence-electron chi connectivity index (χ1n) is 7.64. The van der Waals surface area contributed by atoms with Crippen LogP contribution in [0.15, 0.2) is 24.8 Å². The molecule has 1 fully saturated rings. The van der Waals surface area contributed by atoms with Gasteiger partial charge in [-0.3, -0.25) is 4.98 Å². The van der Waals surface area contributed by atoms with Crippen LogP contribution in [-0.4, -0.2) is 50.4 Å². The van der Waals surface area contributed by atoms with E-state index in [2.05, 4.69) is 20.5 Å². The zero-order chi connectivity index (χ0) is 16.2. The molecule has 23 heavy (non-hydrogen) atoms. The monoisotopic (exact) mass is 316 g/mol. The van der Waals surface area contributed by atoms with Gasteiger partial charge in [-0.05, 0) is 25.5 Å². The lowest BCUT2D eigenvalue weighted by Crippen LogP contribution is -2.44. The predicted molar refractivity (Wildman–Crippen MR) is 84.0 cm³/mol. The first-order chi connectivity index (χ1) is 11.2. The second-order valence-corrected chi connectivity index (χ2v) is 5.46. The Bertz CT molecular complexity index is 686. The molecule has 1 unspecified atom stereocenters. The number of ether oxygens (including phenoxy) is 1. The Labute approximate surface area is 134 Å². The molecule has 2 aromatic heterocycles. The molecule has 0 aromatic carbocycles. The first-order valence-corrected chi connectivity index (χ1v) is 7.64. The maximum Gasteiger partial charge on any atom is 0.322 e. The highest BCUT2D eigenvalue weighted by Crippen LogP contribution is 2.21. The van der Waals surface area contributed by atoms with Crippen LogP contribution in [0.1, 0.15) is 24.4 Å². The molecule has 8 heteroatoms. The molecule has 2 amide bonds. The van der Waals surface area contributed by atoms with Crippen molar-refractivity contribution in [3.63, 3.8) is 0 Å². The summed E-state index contributed by atoms with van der Waals surface area (Å²) in [5.41, 5.74) is 1.69. The van der Waals surface area contributed by atoms with Crippen LogP contribution in [0.3, 0.4) is 0 Å². The lowest BCUT2D eigenvalue weighted by Gasteiger charge is -2.32. The number of hydrogen-bond donors (Lipinski definition) is 1. The van der Waals surface area contributed by atoms with E-state index in [1.54, 1.807) is 23.6 Å². The van der Waals surface area contributed by atoms with Gasteiger partial charge >= 0.3 is 6.03 Å². The number of urea groups is 1. The summed E-state index contributed by atoms with van der Waals surface area (Å²) in [7, 11) is 0. The lowest BCUT2D eigenvalue weighted by molar-refractivity contribution is -0.0199. The molecular formula is C15H20N6O2. The molecule has 0 radical (unpaired) electrons. The second kappa shape index (κ2) is 6.74. The predicted octanol–water partition coefficient (Wildman–Crippen LogP) is 1.61. The van der Waals surface area contributed by atoms with E-state index in [1.807, 2.05) is 24.5 Å². The smallest absolute Gasteiger partial charge is 0.322 e. The largest absolute Gasteiger partial charge is 0.366 e. The van der Waals surface area contributed by atoms with Crippen molar-refractivity contribution in [2.24, 2.45) is 0 Å². The fraction of sp³-hybridized carbons (Fsp3) is 0.467. The zero-order valence-electron chi connectivity index (χ0n) is 13.3. The Morgan fingerprint density at radius 3 is 3.13 bits per heavy atom. The molecule has 3 heterocycles. The van der Waals surface area contributed by atoms with Crippen LogP contribution in [0.2, 0.25) is 0 Å². The Morgan fingerprint density at radius 2 is 2.35 bits per heavy atom. The Balaban J connectivity index is 1.67. The molecule has 0 spiro atoms. The second-order valence-electron chi connectivity index (χ2n) is 5.46. The summed E-state index contributed by atoms with van der Waals surface area (Å²) >= 11 is 0. The average molecular weight is 316 g/mol. The highest BCUT2D eigenvalue weighted by molar-refractivity contribution is 5.89. The van der Waals surface area contributed by atoms with E-state index in [9.17, 15) is 4.79 Å². The van der Waals surface area contributed by atoms with Gasteiger partial charge in [0.05, 0.1) is 25.0 Å². The van der Waals surface area contributed by atoms with Gasteiger partial charge in [0.15, 0.2) is 5.82 Å². The highest BCUT2D eigenvalue weighted by atomic mass is 16.5. The zero-order valence-corrected chi connectivity index (χ0v) is 13.3. The Hall–Kier alpha value is -2.48. The van der Waals surface area contributed by atoms with Gasteiger partial charge in [-0.25, -0.2) is 4.79 Å². The molecule has 122 valence electrons. The van der Waals surface area contributed by atoms with E-state index >= 15 is 0 Å². The highest BCUT2D eigenvalue weighted by Gasteiger charge is 2.28. The SMILES string of the molecule is CCn1cnnc1C1CN(C(=O)Nc2cncc(C)c2)CCO1. The number of hydrogen-bond acceptors (Lipinski definition) is 5. The molecule has 8 nitrogen and oxygen atoms in total. The van der Waals surface area contributed by atoms with Gasteiger partial charge in [0.2, 0.25) is 0 Å². The summed E-state index contributed by atoms with van der Waals surface area (Å²) < 4.78 is 7.68. The third-order valence-corrected chi connectivity index (χ3v) is 3.75. The number of morpholine rings is 1. The van der Waals surface area contributed by atoms with Gasteiger partial charge in [0, 0.05) is 19.3 Å². The van der Waals surface area contributed by atoms with Crippen LogP contribution in [0, 0.1) is 6.92 Å².